The molecule has 0 saturated carbocycles. The molecule has 0 aliphatic heterocycles. The highest BCUT2D eigenvalue weighted by Gasteiger charge is 2.14. The Balaban J connectivity index is 1.59. The first-order valence-electron chi connectivity index (χ1n) is 10.0. The first-order chi connectivity index (χ1) is 14.7. The van der Waals surface area contributed by atoms with E-state index in [0.717, 1.165) is 16.8 Å². The Morgan fingerprint density at radius 2 is 1.52 bits per heavy atom. The summed E-state index contributed by atoms with van der Waals surface area (Å²) >= 11 is 0. The minimum Gasteiger partial charge on any atom is -0.457 e. The van der Waals surface area contributed by atoms with Crippen LogP contribution in [-0.4, -0.2) is 11.9 Å². The lowest BCUT2D eigenvalue weighted by atomic mass is 9.87. The number of ether oxygens (including phenoxy) is 1. The maximum atomic E-state index is 12.4. The van der Waals surface area contributed by atoms with Gasteiger partial charge in [-0.3, -0.25) is 4.79 Å². The van der Waals surface area contributed by atoms with Crippen molar-refractivity contribution in [1.82, 2.24) is 0 Å². The van der Waals surface area contributed by atoms with Crippen LogP contribution in [0.3, 0.4) is 0 Å². The highest BCUT2D eigenvalue weighted by molar-refractivity contribution is 5.99. The average Bonchev–Trinajstić information content (AvgIpc) is 2.69. The zero-order valence-corrected chi connectivity index (χ0v) is 17.9. The van der Waals surface area contributed by atoms with Crippen molar-refractivity contribution in [2.45, 2.75) is 32.6 Å². The zero-order valence-electron chi connectivity index (χ0n) is 17.9. The molecule has 160 valence electrons. The van der Waals surface area contributed by atoms with E-state index in [0.29, 0.717) is 17.2 Å². The molecule has 31 heavy (non-hydrogen) atoms. The number of benzene rings is 3. The summed E-state index contributed by atoms with van der Waals surface area (Å²) in [5.74, 6) is 0.826. The molecule has 0 bridgehead atoms. The van der Waals surface area contributed by atoms with Crippen LogP contribution in [0.5, 0.6) is 11.5 Å². The van der Waals surface area contributed by atoms with Gasteiger partial charge in [-0.2, -0.15) is 0 Å². The second-order valence-electron chi connectivity index (χ2n) is 8.33. The number of amides is 3. The first kappa shape index (κ1) is 21.9. The van der Waals surface area contributed by atoms with Crippen LogP contribution in [-0.2, 0) is 16.6 Å². The molecule has 3 amide bonds. The van der Waals surface area contributed by atoms with Gasteiger partial charge in [0, 0.05) is 11.4 Å². The molecule has 3 aromatic carbocycles. The van der Waals surface area contributed by atoms with Crippen LogP contribution in [0.2, 0.25) is 0 Å². The van der Waals surface area contributed by atoms with E-state index < -0.39 is 5.91 Å². The van der Waals surface area contributed by atoms with Crippen molar-refractivity contribution in [2.75, 3.05) is 10.6 Å². The Hall–Kier alpha value is -3.80. The predicted molar refractivity (Wildman–Crippen MR) is 124 cm³/mol. The van der Waals surface area contributed by atoms with Gasteiger partial charge in [-0.1, -0.05) is 45.0 Å². The third kappa shape index (κ3) is 6.60. The van der Waals surface area contributed by atoms with E-state index in [1.165, 1.54) is 0 Å². The van der Waals surface area contributed by atoms with Crippen molar-refractivity contribution in [3.63, 3.8) is 0 Å². The monoisotopic (exact) mass is 417 g/mol. The number of nitrogens with two attached hydrogens (primary N) is 1. The lowest BCUT2D eigenvalue weighted by Crippen LogP contribution is -2.20. The molecule has 0 saturated heterocycles. The number of nitrogens with one attached hydrogen (secondary N) is 2. The molecule has 0 heterocycles. The van der Waals surface area contributed by atoms with Gasteiger partial charge in [0.2, 0.25) is 5.91 Å². The summed E-state index contributed by atoms with van der Waals surface area (Å²) < 4.78 is 5.82. The van der Waals surface area contributed by atoms with Crippen LogP contribution in [0.1, 0.15) is 31.9 Å². The van der Waals surface area contributed by atoms with Gasteiger partial charge in [-0.15, -0.1) is 0 Å². The van der Waals surface area contributed by atoms with Gasteiger partial charge >= 0.3 is 6.03 Å². The van der Waals surface area contributed by atoms with Gasteiger partial charge in [-0.05, 0) is 65.1 Å². The summed E-state index contributed by atoms with van der Waals surface area (Å²) in [5.41, 5.74) is 8.55. The van der Waals surface area contributed by atoms with Crippen molar-refractivity contribution in [3.8, 4) is 11.5 Å². The first-order valence-corrected chi connectivity index (χ1v) is 10.0. The summed E-state index contributed by atoms with van der Waals surface area (Å²) in [4.78, 5) is 23.4. The van der Waals surface area contributed by atoms with Crippen molar-refractivity contribution in [2.24, 2.45) is 5.73 Å². The Labute approximate surface area is 182 Å². The average molecular weight is 418 g/mol. The van der Waals surface area contributed by atoms with Crippen LogP contribution >= 0.6 is 0 Å². The molecule has 0 radical (unpaired) electrons. The highest BCUT2D eigenvalue weighted by Crippen LogP contribution is 2.26. The highest BCUT2D eigenvalue weighted by atomic mass is 16.5. The fraction of sp³-hybridized carbons (Fsp3) is 0.200. The largest absolute Gasteiger partial charge is 0.457 e. The lowest BCUT2D eigenvalue weighted by molar-refractivity contribution is -0.117. The Kier molecular flexibility index (Phi) is 6.60. The van der Waals surface area contributed by atoms with E-state index in [9.17, 15) is 9.59 Å². The molecule has 0 aromatic heterocycles. The topological polar surface area (TPSA) is 93.4 Å². The fourth-order valence-corrected chi connectivity index (χ4v) is 3.02. The van der Waals surface area contributed by atoms with E-state index in [-0.39, 0.29) is 17.9 Å². The SMILES string of the molecule is CC(C)(C)c1cccc(NC(=O)Nc2ccc(Oc3cccc(CC(N)=O)c3)cc2)c1. The number of primary amides is 1. The predicted octanol–water partition coefficient (Wildman–Crippen LogP) is 5.45. The molecule has 6 nitrogen and oxygen atoms in total. The number of hydrogen-bond acceptors (Lipinski definition) is 3. The lowest BCUT2D eigenvalue weighted by Gasteiger charge is -2.20. The molecule has 0 aliphatic carbocycles. The minimum absolute atomic E-state index is 0.00334. The van der Waals surface area contributed by atoms with Gasteiger partial charge in [0.05, 0.1) is 6.42 Å². The van der Waals surface area contributed by atoms with Gasteiger partial charge in [0.25, 0.3) is 0 Å². The summed E-state index contributed by atoms with van der Waals surface area (Å²) in [6, 6.07) is 21.7. The standard InChI is InChI=1S/C25H27N3O3/c1-25(2,3)18-7-5-8-20(16-18)28-24(30)27-19-10-12-21(13-11-19)31-22-9-4-6-17(14-22)15-23(26)29/h4-14,16H,15H2,1-3H3,(H2,26,29)(H2,27,28,30). The summed E-state index contributed by atoms with van der Waals surface area (Å²) in [6.07, 6.45) is 0.161. The number of anilines is 2. The number of carbonyl (C=O) groups excluding carboxylic acids is 2. The number of carbonyl (C=O) groups is 2. The van der Waals surface area contributed by atoms with Crippen LogP contribution in [0, 0.1) is 0 Å². The van der Waals surface area contributed by atoms with Crippen molar-refractivity contribution in [3.05, 3.63) is 83.9 Å². The Bertz CT molecular complexity index is 1070. The van der Waals surface area contributed by atoms with Crippen molar-refractivity contribution < 1.29 is 14.3 Å². The van der Waals surface area contributed by atoms with Crippen molar-refractivity contribution >= 4 is 23.3 Å². The maximum Gasteiger partial charge on any atom is 0.323 e. The minimum atomic E-state index is -0.393. The third-order valence-corrected chi connectivity index (χ3v) is 4.61. The maximum absolute atomic E-state index is 12.4. The smallest absolute Gasteiger partial charge is 0.323 e. The summed E-state index contributed by atoms with van der Waals surface area (Å²) in [7, 11) is 0. The molecule has 3 rings (SSSR count). The summed E-state index contributed by atoms with van der Waals surface area (Å²) in [6.45, 7) is 6.39. The normalized spacial score (nSPS) is 10.9. The number of rotatable bonds is 6. The Morgan fingerprint density at radius 1 is 0.839 bits per heavy atom. The Morgan fingerprint density at radius 3 is 2.19 bits per heavy atom. The van der Waals surface area contributed by atoms with Gasteiger partial charge in [0.1, 0.15) is 11.5 Å². The van der Waals surface area contributed by atoms with Crippen molar-refractivity contribution in [1.29, 1.82) is 0 Å². The van der Waals surface area contributed by atoms with Crippen LogP contribution in [0.4, 0.5) is 16.2 Å². The number of urea groups is 1. The summed E-state index contributed by atoms with van der Waals surface area (Å²) in [5, 5.41) is 5.67. The number of hydrogen-bond donors (Lipinski definition) is 3. The van der Waals surface area contributed by atoms with Crippen LogP contribution in [0.25, 0.3) is 0 Å². The zero-order chi connectivity index (χ0) is 22.4. The third-order valence-electron chi connectivity index (χ3n) is 4.61. The van der Waals surface area contributed by atoms with E-state index in [1.54, 1.807) is 36.4 Å². The molecule has 0 aliphatic rings. The van der Waals surface area contributed by atoms with Gasteiger partial charge < -0.3 is 21.1 Å². The molecular formula is C25H27N3O3. The second kappa shape index (κ2) is 9.34. The van der Waals surface area contributed by atoms with E-state index >= 15 is 0 Å². The molecule has 3 aromatic rings. The molecule has 6 heteroatoms. The molecule has 0 atom stereocenters. The van der Waals surface area contributed by atoms with Crippen LogP contribution < -0.4 is 21.1 Å². The van der Waals surface area contributed by atoms with Gasteiger partial charge in [0.15, 0.2) is 0 Å². The molecule has 0 spiro atoms. The fourth-order valence-electron chi connectivity index (χ4n) is 3.02. The van der Waals surface area contributed by atoms with E-state index in [4.69, 9.17) is 10.5 Å². The quantitative estimate of drug-likeness (QED) is 0.498. The van der Waals surface area contributed by atoms with Gasteiger partial charge in [-0.25, -0.2) is 4.79 Å². The van der Waals surface area contributed by atoms with Crippen LogP contribution in [0.15, 0.2) is 72.8 Å². The molecule has 4 N–H and O–H groups in total. The molecule has 0 unspecified atom stereocenters. The molecular weight excluding hydrogens is 390 g/mol. The van der Waals surface area contributed by atoms with E-state index in [1.807, 2.05) is 36.4 Å². The van der Waals surface area contributed by atoms with E-state index in [2.05, 4.69) is 31.4 Å². The molecule has 0 fully saturated rings. The second-order valence-corrected chi connectivity index (χ2v) is 8.33.